The fraction of sp³-hybridized carbons (Fsp3) is 0.240. The van der Waals surface area contributed by atoms with E-state index in [-0.39, 0.29) is 30.3 Å². The van der Waals surface area contributed by atoms with Gasteiger partial charge in [0, 0.05) is 37.0 Å². The van der Waals surface area contributed by atoms with Crippen LogP contribution in [0.15, 0.2) is 73.1 Å². The lowest BCUT2D eigenvalue weighted by Gasteiger charge is -2.53. The van der Waals surface area contributed by atoms with Crippen LogP contribution in [0.1, 0.15) is 27.4 Å². The molecule has 0 aliphatic carbocycles. The summed E-state index contributed by atoms with van der Waals surface area (Å²) in [4.78, 5) is 33.0. The van der Waals surface area contributed by atoms with Crippen LogP contribution in [0.5, 0.6) is 0 Å². The Kier molecular flexibility index (Phi) is 4.58. The minimum atomic E-state index is -0.106. The van der Waals surface area contributed by atoms with Gasteiger partial charge in [-0.05, 0) is 41.3 Å². The van der Waals surface area contributed by atoms with Gasteiger partial charge in [0.15, 0.2) is 0 Å². The summed E-state index contributed by atoms with van der Waals surface area (Å²) in [5, 5.41) is 0. The highest BCUT2D eigenvalue weighted by atomic mass is 16.2. The standard InChI is InChI=1S/C25H23N3O2/c1-17-4-2-3-5-21(17)18-6-8-19(9-7-18)22-14-28-23(22)15-27(16-24(28)29)25(30)20-10-12-26-13-11-20/h2-13,22-23H,14-16H2,1H3/t22-,23+/m1/s1. The van der Waals surface area contributed by atoms with E-state index in [9.17, 15) is 9.59 Å². The number of rotatable bonds is 3. The van der Waals surface area contributed by atoms with E-state index in [0.29, 0.717) is 12.1 Å². The molecule has 0 spiro atoms. The van der Waals surface area contributed by atoms with Gasteiger partial charge in [-0.1, -0.05) is 48.5 Å². The first kappa shape index (κ1) is 18.6. The molecule has 3 heterocycles. The maximum absolute atomic E-state index is 12.8. The predicted octanol–water partition coefficient (Wildman–Crippen LogP) is 3.51. The van der Waals surface area contributed by atoms with Crippen molar-refractivity contribution in [3.63, 3.8) is 0 Å². The van der Waals surface area contributed by atoms with Crippen LogP contribution in [0.3, 0.4) is 0 Å². The maximum atomic E-state index is 12.8. The van der Waals surface area contributed by atoms with E-state index >= 15 is 0 Å². The van der Waals surface area contributed by atoms with Crippen molar-refractivity contribution in [3.8, 4) is 11.1 Å². The smallest absolute Gasteiger partial charge is 0.254 e. The van der Waals surface area contributed by atoms with Gasteiger partial charge in [0.2, 0.25) is 5.91 Å². The molecule has 150 valence electrons. The first-order valence-corrected chi connectivity index (χ1v) is 10.3. The van der Waals surface area contributed by atoms with E-state index in [1.807, 2.05) is 4.90 Å². The largest absolute Gasteiger partial charge is 0.335 e. The summed E-state index contributed by atoms with van der Waals surface area (Å²) in [5.41, 5.74) is 5.48. The number of hydrogen-bond donors (Lipinski definition) is 0. The highest BCUT2D eigenvalue weighted by molar-refractivity contribution is 5.97. The molecule has 5 nitrogen and oxygen atoms in total. The SMILES string of the molecule is Cc1ccccc1-c1ccc([C@H]2CN3C(=O)CN(C(=O)c4ccncc4)C[C@@H]23)cc1. The first-order chi connectivity index (χ1) is 14.6. The highest BCUT2D eigenvalue weighted by Gasteiger charge is 2.47. The lowest BCUT2D eigenvalue weighted by atomic mass is 9.80. The Labute approximate surface area is 176 Å². The Bertz CT molecular complexity index is 1090. The van der Waals surface area contributed by atoms with Gasteiger partial charge in [0.05, 0.1) is 6.04 Å². The Hall–Kier alpha value is -3.47. The Morgan fingerprint density at radius 1 is 0.967 bits per heavy atom. The van der Waals surface area contributed by atoms with Crippen molar-refractivity contribution in [3.05, 3.63) is 89.7 Å². The fourth-order valence-corrected chi connectivity index (χ4v) is 4.57. The van der Waals surface area contributed by atoms with Crippen LogP contribution < -0.4 is 0 Å². The van der Waals surface area contributed by atoms with E-state index < -0.39 is 0 Å². The number of benzene rings is 2. The zero-order valence-corrected chi connectivity index (χ0v) is 16.9. The summed E-state index contributed by atoms with van der Waals surface area (Å²) in [7, 11) is 0. The van der Waals surface area contributed by atoms with Gasteiger partial charge in [-0.25, -0.2) is 0 Å². The second-order valence-corrected chi connectivity index (χ2v) is 8.08. The van der Waals surface area contributed by atoms with Gasteiger partial charge in [-0.2, -0.15) is 0 Å². The number of aromatic nitrogens is 1. The molecule has 2 fully saturated rings. The fourth-order valence-electron chi connectivity index (χ4n) is 4.57. The molecule has 0 bridgehead atoms. The minimum absolute atomic E-state index is 0.0291. The number of nitrogens with zero attached hydrogens (tertiary/aromatic N) is 3. The monoisotopic (exact) mass is 397 g/mol. The Morgan fingerprint density at radius 2 is 1.70 bits per heavy atom. The van der Waals surface area contributed by atoms with Crippen molar-refractivity contribution in [2.45, 2.75) is 18.9 Å². The Balaban J connectivity index is 1.34. The van der Waals surface area contributed by atoms with Gasteiger partial charge >= 0.3 is 0 Å². The molecule has 2 aromatic carbocycles. The molecule has 2 aliphatic heterocycles. The molecular formula is C25H23N3O2. The van der Waals surface area contributed by atoms with E-state index in [0.717, 1.165) is 6.54 Å². The van der Waals surface area contributed by atoms with Crippen molar-refractivity contribution < 1.29 is 9.59 Å². The van der Waals surface area contributed by atoms with Crippen LogP contribution in [0.4, 0.5) is 0 Å². The predicted molar refractivity (Wildman–Crippen MR) is 115 cm³/mol. The van der Waals surface area contributed by atoms with Crippen LogP contribution in [0.2, 0.25) is 0 Å². The molecule has 0 radical (unpaired) electrons. The second-order valence-electron chi connectivity index (χ2n) is 8.08. The second kappa shape index (κ2) is 7.41. The molecule has 30 heavy (non-hydrogen) atoms. The average Bonchev–Trinajstić information content (AvgIpc) is 2.76. The van der Waals surface area contributed by atoms with Crippen molar-refractivity contribution in [1.82, 2.24) is 14.8 Å². The molecule has 1 aromatic heterocycles. The van der Waals surface area contributed by atoms with E-state index in [1.165, 1.54) is 22.3 Å². The molecule has 2 aliphatic rings. The highest BCUT2D eigenvalue weighted by Crippen LogP contribution is 2.38. The van der Waals surface area contributed by atoms with Gasteiger partial charge < -0.3 is 9.80 Å². The molecule has 2 saturated heterocycles. The Morgan fingerprint density at radius 3 is 2.43 bits per heavy atom. The van der Waals surface area contributed by atoms with Crippen LogP contribution in [-0.2, 0) is 4.79 Å². The number of hydrogen-bond acceptors (Lipinski definition) is 3. The number of aryl methyl sites for hydroxylation is 1. The summed E-state index contributed by atoms with van der Waals surface area (Å²) in [6.45, 7) is 3.56. The zero-order chi connectivity index (χ0) is 20.7. The molecule has 5 heteroatoms. The van der Waals surface area contributed by atoms with Crippen molar-refractivity contribution in [2.75, 3.05) is 19.6 Å². The molecule has 2 atom stereocenters. The van der Waals surface area contributed by atoms with E-state index in [2.05, 4.69) is 60.4 Å². The normalized spacial score (nSPS) is 20.5. The molecule has 5 rings (SSSR count). The van der Waals surface area contributed by atoms with Gasteiger partial charge in [-0.15, -0.1) is 0 Å². The van der Waals surface area contributed by atoms with Crippen LogP contribution >= 0.6 is 0 Å². The maximum Gasteiger partial charge on any atom is 0.254 e. The third kappa shape index (κ3) is 3.16. The molecule has 0 N–H and O–H groups in total. The first-order valence-electron chi connectivity index (χ1n) is 10.3. The third-order valence-electron chi connectivity index (χ3n) is 6.32. The summed E-state index contributed by atoms with van der Waals surface area (Å²) in [6.07, 6.45) is 3.21. The molecule has 0 saturated carbocycles. The van der Waals surface area contributed by atoms with E-state index in [4.69, 9.17) is 0 Å². The molecule has 3 aromatic rings. The number of fused-ring (bicyclic) bond motifs is 1. The molecule has 0 unspecified atom stereocenters. The van der Waals surface area contributed by atoms with Crippen LogP contribution in [0.25, 0.3) is 11.1 Å². The summed E-state index contributed by atoms with van der Waals surface area (Å²) >= 11 is 0. The topological polar surface area (TPSA) is 53.5 Å². The average molecular weight is 397 g/mol. The number of pyridine rings is 1. The van der Waals surface area contributed by atoms with Gasteiger partial charge in [0.1, 0.15) is 6.54 Å². The zero-order valence-electron chi connectivity index (χ0n) is 16.9. The third-order valence-corrected chi connectivity index (χ3v) is 6.32. The van der Waals surface area contributed by atoms with Crippen LogP contribution in [-0.4, -0.2) is 52.3 Å². The van der Waals surface area contributed by atoms with E-state index in [1.54, 1.807) is 29.4 Å². The van der Waals surface area contributed by atoms with Crippen LogP contribution in [0, 0.1) is 6.92 Å². The van der Waals surface area contributed by atoms with Gasteiger partial charge in [0.25, 0.3) is 5.91 Å². The summed E-state index contributed by atoms with van der Waals surface area (Å²) in [6, 6.07) is 20.4. The van der Waals surface area contributed by atoms with Crippen molar-refractivity contribution in [1.29, 1.82) is 0 Å². The number of carbonyl (C=O) groups excluding carboxylic acids is 2. The quantitative estimate of drug-likeness (QED) is 0.680. The minimum Gasteiger partial charge on any atom is -0.335 e. The van der Waals surface area contributed by atoms with Crippen molar-refractivity contribution >= 4 is 11.8 Å². The lowest BCUT2D eigenvalue weighted by molar-refractivity contribution is -0.147. The molecule has 2 amide bonds. The number of carbonyl (C=O) groups is 2. The summed E-state index contributed by atoms with van der Waals surface area (Å²) in [5.74, 6) is 0.181. The number of amides is 2. The molecular weight excluding hydrogens is 374 g/mol. The lowest BCUT2D eigenvalue weighted by Crippen LogP contribution is -2.67. The van der Waals surface area contributed by atoms with Crippen molar-refractivity contribution in [2.24, 2.45) is 0 Å². The van der Waals surface area contributed by atoms with Gasteiger partial charge in [-0.3, -0.25) is 14.6 Å². The number of piperazine rings is 1. The summed E-state index contributed by atoms with van der Waals surface area (Å²) < 4.78 is 0.